The van der Waals surface area contributed by atoms with Gasteiger partial charge in [-0.1, -0.05) is 53.7 Å². The SMILES string of the molecule is COc1cccc(CNCCCSc2nnnn2C)c1OCc1ccccc1Cl. The fraction of sp³-hybridized carbons (Fsp3) is 0.350. The largest absolute Gasteiger partial charge is 0.493 e. The zero-order valence-corrected chi connectivity index (χ0v) is 18.0. The van der Waals surface area contributed by atoms with Crippen molar-refractivity contribution in [2.75, 3.05) is 19.4 Å². The Bertz CT molecular complexity index is 921. The van der Waals surface area contributed by atoms with Crippen molar-refractivity contribution in [1.29, 1.82) is 0 Å². The van der Waals surface area contributed by atoms with Crippen LogP contribution in [0.25, 0.3) is 0 Å². The van der Waals surface area contributed by atoms with E-state index >= 15 is 0 Å². The fourth-order valence-corrected chi connectivity index (χ4v) is 3.70. The maximum atomic E-state index is 6.24. The summed E-state index contributed by atoms with van der Waals surface area (Å²) in [5.74, 6) is 2.39. The number of methoxy groups -OCH3 is 1. The molecular weight excluding hydrogens is 410 g/mol. The van der Waals surface area contributed by atoms with Gasteiger partial charge < -0.3 is 14.8 Å². The first-order valence-corrected chi connectivity index (χ1v) is 10.6. The van der Waals surface area contributed by atoms with E-state index in [9.17, 15) is 0 Å². The van der Waals surface area contributed by atoms with Crippen molar-refractivity contribution in [3.63, 3.8) is 0 Å². The lowest BCUT2D eigenvalue weighted by molar-refractivity contribution is 0.280. The summed E-state index contributed by atoms with van der Waals surface area (Å²) >= 11 is 7.89. The Kier molecular flexibility index (Phi) is 8.15. The number of hydrogen-bond acceptors (Lipinski definition) is 7. The van der Waals surface area contributed by atoms with Gasteiger partial charge in [0.2, 0.25) is 5.16 Å². The molecule has 0 fully saturated rings. The van der Waals surface area contributed by atoms with Crippen molar-refractivity contribution in [1.82, 2.24) is 25.5 Å². The summed E-state index contributed by atoms with van der Waals surface area (Å²) in [6.45, 7) is 1.94. The Hall–Kier alpha value is -2.29. The first-order chi connectivity index (χ1) is 14.2. The lowest BCUT2D eigenvalue weighted by Crippen LogP contribution is -2.16. The monoisotopic (exact) mass is 433 g/mol. The zero-order chi connectivity index (χ0) is 20.5. The second kappa shape index (κ2) is 11.0. The number of rotatable bonds is 11. The highest BCUT2D eigenvalue weighted by atomic mass is 35.5. The van der Waals surface area contributed by atoms with Crippen LogP contribution >= 0.6 is 23.4 Å². The predicted molar refractivity (Wildman–Crippen MR) is 115 cm³/mol. The normalized spacial score (nSPS) is 10.9. The Morgan fingerprint density at radius 3 is 2.72 bits per heavy atom. The van der Waals surface area contributed by atoms with E-state index in [0.29, 0.717) is 23.9 Å². The van der Waals surface area contributed by atoms with Gasteiger partial charge in [0.25, 0.3) is 0 Å². The number of aryl methyl sites for hydroxylation is 1. The van der Waals surface area contributed by atoms with Crippen LogP contribution in [0.1, 0.15) is 17.5 Å². The number of para-hydroxylation sites is 1. The second-order valence-corrected chi connectivity index (χ2v) is 7.76. The highest BCUT2D eigenvalue weighted by Crippen LogP contribution is 2.32. The first kappa shape index (κ1) is 21.4. The summed E-state index contributed by atoms with van der Waals surface area (Å²) in [5, 5.41) is 16.4. The van der Waals surface area contributed by atoms with Gasteiger partial charge in [0, 0.05) is 35.5 Å². The van der Waals surface area contributed by atoms with E-state index in [1.54, 1.807) is 23.6 Å². The summed E-state index contributed by atoms with van der Waals surface area (Å²) in [6.07, 6.45) is 0.997. The Morgan fingerprint density at radius 1 is 1.14 bits per heavy atom. The molecule has 0 saturated heterocycles. The number of halogens is 1. The predicted octanol–water partition coefficient (Wildman–Crippen LogP) is 3.72. The Balaban J connectivity index is 1.52. The van der Waals surface area contributed by atoms with Gasteiger partial charge in [0.1, 0.15) is 6.61 Å². The minimum atomic E-state index is 0.384. The van der Waals surface area contributed by atoms with Gasteiger partial charge >= 0.3 is 0 Å². The molecule has 29 heavy (non-hydrogen) atoms. The molecule has 9 heteroatoms. The molecule has 7 nitrogen and oxygen atoms in total. The molecule has 2 aromatic carbocycles. The summed E-state index contributed by atoms with van der Waals surface area (Å²) in [6, 6.07) is 13.6. The third kappa shape index (κ3) is 6.09. The smallest absolute Gasteiger partial charge is 0.209 e. The minimum absolute atomic E-state index is 0.384. The van der Waals surface area contributed by atoms with Gasteiger partial charge in [0.15, 0.2) is 11.5 Å². The molecule has 0 amide bonds. The van der Waals surface area contributed by atoms with Gasteiger partial charge in [-0.25, -0.2) is 4.68 Å². The maximum Gasteiger partial charge on any atom is 0.209 e. The molecule has 0 bridgehead atoms. The molecule has 0 radical (unpaired) electrons. The number of benzene rings is 2. The van der Waals surface area contributed by atoms with E-state index in [4.69, 9.17) is 21.1 Å². The van der Waals surface area contributed by atoms with E-state index in [1.165, 1.54) is 0 Å². The third-order valence-electron chi connectivity index (χ3n) is 4.24. The third-order valence-corrected chi connectivity index (χ3v) is 5.70. The van der Waals surface area contributed by atoms with Crippen molar-refractivity contribution < 1.29 is 9.47 Å². The molecule has 0 spiro atoms. The summed E-state index contributed by atoms with van der Waals surface area (Å²) in [4.78, 5) is 0. The number of hydrogen-bond donors (Lipinski definition) is 1. The number of nitrogens with one attached hydrogen (secondary N) is 1. The summed E-state index contributed by atoms with van der Waals surface area (Å²) < 4.78 is 13.3. The number of ether oxygens (including phenoxy) is 2. The van der Waals surface area contributed by atoms with E-state index in [-0.39, 0.29) is 0 Å². The van der Waals surface area contributed by atoms with E-state index in [2.05, 4.69) is 20.8 Å². The first-order valence-electron chi connectivity index (χ1n) is 9.27. The number of thioether (sulfide) groups is 1. The molecule has 154 valence electrons. The standard InChI is InChI=1S/C20H24ClN5O2S/c1-26-20(23-24-25-26)29-12-6-11-22-13-15-8-5-10-18(27-2)19(15)28-14-16-7-3-4-9-17(16)21/h3-5,7-10,22H,6,11-14H2,1-2H3. The lowest BCUT2D eigenvalue weighted by atomic mass is 10.1. The highest BCUT2D eigenvalue weighted by molar-refractivity contribution is 7.99. The van der Waals surface area contributed by atoms with Crippen molar-refractivity contribution in [3.8, 4) is 11.5 Å². The molecule has 1 aromatic heterocycles. The molecule has 1 N–H and O–H groups in total. The van der Waals surface area contributed by atoms with E-state index in [1.807, 2.05) is 49.5 Å². The highest BCUT2D eigenvalue weighted by Gasteiger charge is 2.12. The van der Waals surface area contributed by atoms with Crippen molar-refractivity contribution >= 4 is 23.4 Å². The fourth-order valence-electron chi connectivity index (χ4n) is 2.72. The molecule has 3 rings (SSSR count). The van der Waals surface area contributed by atoms with Gasteiger partial charge in [-0.05, 0) is 35.5 Å². The van der Waals surface area contributed by atoms with Crippen LogP contribution in [0.2, 0.25) is 5.02 Å². The van der Waals surface area contributed by atoms with Crippen LogP contribution in [0.3, 0.4) is 0 Å². The summed E-state index contributed by atoms with van der Waals surface area (Å²) in [7, 11) is 3.49. The number of aromatic nitrogens is 4. The van der Waals surface area contributed by atoms with Crippen LogP contribution in [-0.4, -0.2) is 39.6 Å². The van der Waals surface area contributed by atoms with Crippen molar-refractivity contribution in [3.05, 3.63) is 58.6 Å². The molecule has 0 aliphatic heterocycles. The van der Waals surface area contributed by atoms with Crippen LogP contribution in [0.15, 0.2) is 47.6 Å². The van der Waals surface area contributed by atoms with Gasteiger partial charge in [-0.2, -0.15) is 0 Å². The molecule has 0 saturated carbocycles. The molecule has 0 aliphatic rings. The zero-order valence-electron chi connectivity index (χ0n) is 16.5. The number of nitrogens with zero attached hydrogens (tertiary/aromatic N) is 4. The van der Waals surface area contributed by atoms with Crippen LogP contribution in [0.4, 0.5) is 0 Å². The minimum Gasteiger partial charge on any atom is -0.493 e. The van der Waals surface area contributed by atoms with Crippen molar-refractivity contribution in [2.45, 2.75) is 24.7 Å². The van der Waals surface area contributed by atoms with Gasteiger partial charge in [0.05, 0.1) is 7.11 Å². The average Bonchev–Trinajstić information content (AvgIpc) is 3.15. The average molecular weight is 434 g/mol. The summed E-state index contributed by atoms with van der Waals surface area (Å²) in [5.41, 5.74) is 1.98. The lowest BCUT2D eigenvalue weighted by Gasteiger charge is -2.16. The van der Waals surface area contributed by atoms with Crippen LogP contribution in [-0.2, 0) is 20.2 Å². The molecular formula is C20H24ClN5O2S. The van der Waals surface area contributed by atoms with Crippen molar-refractivity contribution in [2.24, 2.45) is 7.05 Å². The second-order valence-electron chi connectivity index (χ2n) is 6.29. The van der Waals surface area contributed by atoms with Crippen LogP contribution in [0, 0.1) is 0 Å². The molecule has 0 unspecified atom stereocenters. The molecule has 1 heterocycles. The van der Waals surface area contributed by atoms with Crippen LogP contribution < -0.4 is 14.8 Å². The van der Waals surface area contributed by atoms with Crippen LogP contribution in [0.5, 0.6) is 11.5 Å². The topological polar surface area (TPSA) is 74.1 Å². The molecule has 0 atom stereocenters. The Labute approximate surface area is 179 Å². The van der Waals surface area contributed by atoms with E-state index in [0.717, 1.165) is 40.8 Å². The maximum absolute atomic E-state index is 6.24. The quantitative estimate of drug-likeness (QED) is 0.365. The number of tetrazole rings is 1. The molecule has 0 aliphatic carbocycles. The Morgan fingerprint density at radius 2 is 1.97 bits per heavy atom. The molecule has 3 aromatic rings. The van der Waals surface area contributed by atoms with Gasteiger partial charge in [-0.15, -0.1) is 5.10 Å². The van der Waals surface area contributed by atoms with E-state index < -0.39 is 0 Å². The van der Waals surface area contributed by atoms with Gasteiger partial charge in [-0.3, -0.25) is 0 Å².